The maximum absolute atomic E-state index is 11.9. The van der Waals surface area contributed by atoms with Gasteiger partial charge in [0.25, 0.3) is 0 Å². The normalized spacial score (nSPS) is 30.6. The first-order valence-corrected chi connectivity index (χ1v) is 5.66. The van der Waals surface area contributed by atoms with Crippen LogP contribution < -0.4 is 5.32 Å². The minimum Gasteiger partial charge on any atom is -0.345 e. The Morgan fingerprint density at radius 3 is 2.71 bits per heavy atom. The van der Waals surface area contributed by atoms with Crippen LogP contribution in [0.1, 0.15) is 25.7 Å². The van der Waals surface area contributed by atoms with Crippen molar-refractivity contribution < 1.29 is 4.79 Å². The number of hydrogen-bond acceptors (Lipinski definition) is 2. The molecule has 3 heteroatoms. The molecule has 0 aromatic rings. The molecule has 2 aliphatic rings. The molecule has 1 heterocycles. The fraction of sp³-hybridized carbons (Fsp3) is 0.909. The Bertz CT molecular complexity index is 225. The molecule has 1 aliphatic heterocycles. The van der Waals surface area contributed by atoms with Crippen molar-refractivity contribution >= 4 is 5.91 Å². The summed E-state index contributed by atoms with van der Waals surface area (Å²) in [5.74, 6) is 1.36. The molecule has 1 N–H and O–H groups in total. The smallest absolute Gasteiger partial charge is 0.227 e. The second-order valence-corrected chi connectivity index (χ2v) is 4.66. The van der Waals surface area contributed by atoms with Crippen molar-refractivity contribution in [1.82, 2.24) is 10.2 Å². The zero-order chi connectivity index (χ0) is 10.1. The zero-order valence-electron chi connectivity index (χ0n) is 9.12. The van der Waals surface area contributed by atoms with E-state index < -0.39 is 0 Å². The van der Waals surface area contributed by atoms with E-state index in [0.717, 1.165) is 25.3 Å². The molecule has 0 aromatic heterocycles. The van der Waals surface area contributed by atoms with E-state index in [0.29, 0.717) is 11.9 Å². The van der Waals surface area contributed by atoms with Gasteiger partial charge >= 0.3 is 0 Å². The van der Waals surface area contributed by atoms with Gasteiger partial charge in [-0.15, -0.1) is 0 Å². The molecule has 14 heavy (non-hydrogen) atoms. The molecule has 1 amide bonds. The van der Waals surface area contributed by atoms with Gasteiger partial charge in [-0.1, -0.05) is 0 Å². The number of nitrogens with one attached hydrogen (secondary N) is 1. The van der Waals surface area contributed by atoms with Crippen LogP contribution in [0.3, 0.4) is 0 Å². The van der Waals surface area contributed by atoms with Crippen LogP contribution in [0.5, 0.6) is 0 Å². The molecular formula is C11H20N2O. The summed E-state index contributed by atoms with van der Waals surface area (Å²) in [6.45, 7) is 0.941. The average molecular weight is 196 g/mol. The molecular weight excluding hydrogens is 176 g/mol. The third-order valence-corrected chi connectivity index (χ3v) is 3.60. The number of piperidine rings is 1. The highest BCUT2D eigenvalue weighted by Crippen LogP contribution is 2.38. The van der Waals surface area contributed by atoms with Gasteiger partial charge in [-0.2, -0.15) is 0 Å². The molecule has 1 saturated heterocycles. The molecule has 0 bridgehead atoms. The topological polar surface area (TPSA) is 32.3 Å². The maximum atomic E-state index is 11.9. The highest BCUT2D eigenvalue weighted by molar-refractivity contribution is 5.80. The third kappa shape index (κ3) is 1.78. The van der Waals surface area contributed by atoms with Gasteiger partial charge in [0.15, 0.2) is 0 Å². The summed E-state index contributed by atoms with van der Waals surface area (Å²) in [6.07, 6.45) is 4.85. The lowest BCUT2D eigenvalue weighted by Gasteiger charge is -2.34. The Kier molecular flexibility index (Phi) is 2.77. The fourth-order valence-electron chi connectivity index (χ4n) is 2.62. The fourth-order valence-corrected chi connectivity index (χ4v) is 2.62. The van der Waals surface area contributed by atoms with Crippen molar-refractivity contribution in [2.45, 2.75) is 31.7 Å². The Balaban J connectivity index is 2.02. The molecule has 1 aliphatic carbocycles. The zero-order valence-corrected chi connectivity index (χ0v) is 9.12. The van der Waals surface area contributed by atoms with Gasteiger partial charge in [0.1, 0.15) is 0 Å². The van der Waals surface area contributed by atoms with Crippen LogP contribution >= 0.6 is 0 Å². The van der Waals surface area contributed by atoms with E-state index in [-0.39, 0.29) is 5.92 Å². The molecule has 0 aromatic carbocycles. The van der Waals surface area contributed by atoms with Gasteiger partial charge in [-0.05, 0) is 38.6 Å². The number of rotatable bonds is 3. The van der Waals surface area contributed by atoms with E-state index in [1.54, 1.807) is 0 Å². The molecule has 2 atom stereocenters. The Morgan fingerprint density at radius 2 is 2.14 bits per heavy atom. The van der Waals surface area contributed by atoms with Crippen LogP contribution in [0.15, 0.2) is 0 Å². The van der Waals surface area contributed by atoms with Crippen LogP contribution in [-0.2, 0) is 4.79 Å². The first-order chi connectivity index (χ1) is 6.74. The van der Waals surface area contributed by atoms with Crippen LogP contribution in [0.25, 0.3) is 0 Å². The summed E-state index contributed by atoms with van der Waals surface area (Å²) < 4.78 is 0. The first-order valence-electron chi connectivity index (χ1n) is 5.66. The SMILES string of the molecule is CNC(C1CC1)C1CCCN(C)C1=O. The van der Waals surface area contributed by atoms with Crippen molar-refractivity contribution in [3.8, 4) is 0 Å². The molecule has 80 valence electrons. The van der Waals surface area contributed by atoms with Crippen molar-refractivity contribution in [1.29, 1.82) is 0 Å². The van der Waals surface area contributed by atoms with Crippen molar-refractivity contribution in [2.24, 2.45) is 11.8 Å². The summed E-state index contributed by atoms with van der Waals surface area (Å²) >= 11 is 0. The maximum Gasteiger partial charge on any atom is 0.227 e. The highest BCUT2D eigenvalue weighted by Gasteiger charge is 2.40. The summed E-state index contributed by atoms with van der Waals surface area (Å²) in [4.78, 5) is 13.8. The largest absolute Gasteiger partial charge is 0.345 e. The Morgan fingerprint density at radius 1 is 1.43 bits per heavy atom. The lowest BCUT2D eigenvalue weighted by atomic mass is 9.87. The predicted molar refractivity (Wildman–Crippen MR) is 55.9 cm³/mol. The first kappa shape index (κ1) is 9.97. The minimum absolute atomic E-state index is 0.242. The highest BCUT2D eigenvalue weighted by atomic mass is 16.2. The van der Waals surface area contributed by atoms with E-state index in [4.69, 9.17) is 0 Å². The Hall–Kier alpha value is -0.570. The minimum atomic E-state index is 0.242. The molecule has 2 rings (SSSR count). The van der Waals surface area contributed by atoms with Crippen LogP contribution in [-0.4, -0.2) is 37.5 Å². The number of likely N-dealkylation sites (tertiary alicyclic amines) is 1. The quantitative estimate of drug-likeness (QED) is 0.726. The van der Waals surface area contributed by atoms with Crippen molar-refractivity contribution in [3.63, 3.8) is 0 Å². The van der Waals surface area contributed by atoms with Crippen molar-refractivity contribution in [3.05, 3.63) is 0 Å². The van der Waals surface area contributed by atoms with Gasteiger partial charge in [0.05, 0.1) is 5.92 Å². The number of nitrogens with zero attached hydrogens (tertiary/aromatic N) is 1. The van der Waals surface area contributed by atoms with E-state index >= 15 is 0 Å². The average Bonchev–Trinajstić information content (AvgIpc) is 2.97. The van der Waals surface area contributed by atoms with Crippen LogP contribution in [0, 0.1) is 11.8 Å². The lowest BCUT2D eigenvalue weighted by Crippen LogP contribution is -2.48. The van der Waals surface area contributed by atoms with Gasteiger partial charge in [-0.3, -0.25) is 4.79 Å². The Labute approximate surface area is 85.8 Å². The summed E-state index contributed by atoms with van der Waals surface area (Å²) in [6, 6.07) is 0.435. The van der Waals surface area contributed by atoms with Gasteiger partial charge in [-0.25, -0.2) is 0 Å². The van der Waals surface area contributed by atoms with E-state index in [1.165, 1.54) is 12.8 Å². The number of carbonyl (C=O) groups is 1. The summed E-state index contributed by atoms with van der Waals surface area (Å²) in [5.41, 5.74) is 0. The molecule has 0 radical (unpaired) electrons. The second-order valence-electron chi connectivity index (χ2n) is 4.66. The van der Waals surface area contributed by atoms with Gasteiger partial charge in [0.2, 0.25) is 5.91 Å². The van der Waals surface area contributed by atoms with E-state index in [1.807, 2.05) is 19.0 Å². The second kappa shape index (κ2) is 3.89. The molecule has 1 saturated carbocycles. The predicted octanol–water partition coefficient (Wildman–Crippen LogP) is 0.853. The van der Waals surface area contributed by atoms with E-state index in [2.05, 4.69) is 5.32 Å². The van der Waals surface area contributed by atoms with Crippen LogP contribution in [0.2, 0.25) is 0 Å². The molecule has 2 unspecified atom stereocenters. The lowest BCUT2D eigenvalue weighted by molar-refractivity contribution is -0.138. The van der Waals surface area contributed by atoms with Crippen LogP contribution in [0.4, 0.5) is 0 Å². The van der Waals surface area contributed by atoms with Gasteiger partial charge in [0, 0.05) is 19.6 Å². The number of carbonyl (C=O) groups excluding carboxylic acids is 1. The molecule has 2 fully saturated rings. The van der Waals surface area contributed by atoms with Crippen molar-refractivity contribution in [2.75, 3.05) is 20.6 Å². The van der Waals surface area contributed by atoms with E-state index in [9.17, 15) is 4.79 Å². The number of amides is 1. The molecule has 3 nitrogen and oxygen atoms in total. The standard InChI is InChI=1S/C11H20N2O/c1-12-10(8-5-6-8)9-4-3-7-13(2)11(9)14/h8-10,12H,3-7H2,1-2H3. The monoisotopic (exact) mass is 196 g/mol. The third-order valence-electron chi connectivity index (χ3n) is 3.60. The summed E-state index contributed by atoms with van der Waals surface area (Å²) in [7, 11) is 3.92. The molecule has 0 spiro atoms. The van der Waals surface area contributed by atoms with Gasteiger partial charge < -0.3 is 10.2 Å². The number of hydrogen-bond donors (Lipinski definition) is 1. The summed E-state index contributed by atoms with van der Waals surface area (Å²) in [5, 5.41) is 3.34.